The Hall–Kier alpha value is -1.94. The maximum Gasteiger partial charge on any atom is 0.227 e. The lowest BCUT2D eigenvalue weighted by Gasteiger charge is -2.29. The van der Waals surface area contributed by atoms with E-state index in [0.29, 0.717) is 17.1 Å². The van der Waals surface area contributed by atoms with Crippen molar-refractivity contribution < 1.29 is 13.6 Å². The quantitative estimate of drug-likeness (QED) is 0.721. The second-order valence-electron chi connectivity index (χ2n) is 6.48. The van der Waals surface area contributed by atoms with Gasteiger partial charge >= 0.3 is 0 Å². The first-order valence-corrected chi connectivity index (χ1v) is 8.89. The molecule has 2 aromatic carbocycles. The Morgan fingerprint density at radius 1 is 1.08 bits per heavy atom. The minimum absolute atomic E-state index is 0.0537. The van der Waals surface area contributed by atoms with E-state index in [-0.39, 0.29) is 18.4 Å². The van der Waals surface area contributed by atoms with Gasteiger partial charge in [-0.1, -0.05) is 48.7 Å². The van der Waals surface area contributed by atoms with Gasteiger partial charge in [0, 0.05) is 17.6 Å². The van der Waals surface area contributed by atoms with Crippen LogP contribution in [-0.4, -0.2) is 16.8 Å². The topological polar surface area (TPSA) is 20.3 Å². The lowest BCUT2D eigenvalue weighted by Crippen LogP contribution is -2.39. The fraction of sp³-hybridized carbons (Fsp3) is 0.350. The Morgan fingerprint density at radius 3 is 2.48 bits per heavy atom. The molecule has 0 radical (unpaired) electrons. The molecule has 1 fully saturated rings. The van der Waals surface area contributed by atoms with Gasteiger partial charge in [0.2, 0.25) is 5.91 Å². The molecule has 2 nitrogen and oxygen atoms in total. The standard InChI is InChI=1S/C20H20ClF2NO/c21-17-8-4-1-5-15(17)13-24(16-6-2-3-7-16)20(25)12-14-9-10-18(22)19(23)11-14/h1,4-5,8-11,16H,2-3,6-7,12-13H2. The molecular formula is C20H20ClF2NO. The Labute approximate surface area is 151 Å². The molecular weight excluding hydrogens is 344 g/mol. The molecule has 1 aliphatic rings. The monoisotopic (exact) mass is 363 g/mol. The molecule has 1 amide bonds. The second kappa shape index (κ2) is 7.96. The number of amides is 1. The van der Waals surface area contributed by atoms with Crippen molar-refractivity contribution in [3.8, 4) is 0 Å². The molecule has 3 rings (SSSR count). The van der Waals surface area contributed by atoms with Crippen molar-refractivity contribution in [1.29, 1.82) is 0 Å². The first kappa shape index (κ1) is 17.9. The van der Waals surface area contributed by atoms with Crippen LogP contribution in [0.4, 0.5) is 8.78 Å². The smallest absolute Gasteiger partial charge is 0.227 e. The highest BCUT2D eigenvalue weighted by molar-refractivity contribution is 6.31. The van der Waals surface area contributed by atoms with E-state index in [9.17, 15) is 13.6 Å². The third-order valence-corrected chi connectivity index (χ3v) is 5.09. The number of carbonyl (C=O) groups is 1. The number of benzene rings is 2. The van der Waals surface area contributed by atoms with Gasteiger partial charge in [0.1, 0.15) is 0 Å². The molecule has 0 spiro atoms. The average Bonchev–Trinajstić information content (AvgIpc) is 3.11. The van der Waals surface area contributed by atoms with Gasteiger partial charge in [-0.25, -0.2) is 8.78 Å². The van der Waals surface area contributed by atoms with E-state index in [1.807, 2.05) is 29.2 Å². The van der Waals surface area contributed by atoms with Crippen molar-refractivity contribution in [2.24, 2.45) is 0 Å². The van der Waals surface area contributed by atoms with Gasteiger partial charge in [-0.2, -0.15) is 0 Å². The van der Waals surface area contributed by atoms with Crippen LogP contribution in [0, 0.1) is 11.6 Å². The van der Waals surface area contributed by atoms with Gasteiger partial charge in [0.15, 0.2) is 11.6 Å². The summed E-state index contributed by atoms with van der Waals surface area (Å²) in [5, 5.41) is 0.631. The molecule has 0 N–H and O–H groups in total. The number of rotatable bonds is 5. The second-order valence-corrected chi connectivity index (χ2v) is 6.88. The average molecular weight is 364 g/mol. The SMILES string of the molecule is O=C(Cc1ccc(F)c(F)c1)N(Cc1ccccc1Cl)C1CCCC1. The zero-order chi connectivity index (χ0) is 17.8. The van der Waals surface area contributed by atoms with Gasteiger partial charge in [0.05, 0.1) is 6.42 Å². The largest absolute Gasteiger partial charge is 0.335 e. The molecule has 0 saturated heterocycles. The third-order valence-electron chi connectivity index (χ3n) is 4.72. The first-order chi connectivity index (χ1) is 12.0. The van der Waals surface area contributed by atoms with Crippen molar-refractivity contribution in [2.45, 2.75) is 44.7 Å². The zero-order valence-electron chi connectivity index (χ0n) is 13.9. The number of hydrogen-bond donors (Lipinski definition) is 0. The molecule has 1 aliphatic carbocycles. The van der Waals surface area contributed by atoms with Gasteiger partial charge in [-0.3, -0.25) is 4.79 Å². The maximum atomic E-state index is 13.4. The van der Waals surface area contributed by atoms with Crippen LogP contribution in [0.2, 0.25) is 5.02 Å². The number of carbonyl (C=O) groups excluding carboxylic acids is 1. The Morgan fingerprint density at radius 2 is 1.80 bits per heavy atom. The summed E-state index contributed by atoms with van der Waals surface area (Å²) in [6.45, 7) is 0.437. The van der Waals surface area contributed by atoms with Crippen molar-refractivity contribution >= 4 is 17.5 Å². The molecule has 0 bridgehead atoms. The van der Waals surface area contributed by atoms with Gasteiger partial charge in [0.25, 0.3) is 0 Å². The van der Waals surface area contributed by atoms with E-state index in [2.05, 4.69) is 0 Å². The highest BCUT2D eigenvalue weighted by Gasteiger charge is 2.27. The highest BCUT2D eigenvalue weighted by Crippen LogP contribution is 2.27. The van der Waals surface area contributed by atoms with Crippen LogP contribution in [0.3, 0.4) is 0 Å². The Balaban J connectivity index is 1.79. The van der Waals surface area contributed by atoms with Crippen LogP contribution in [-0.2, 0) is 17.8 Å². The van der Waals surface area contributed by atoms with E-state index in [4.69, 9.17) is 11.6 Å². The molecule has 1 saturated carbocycles. The molecule has 2 aromatic rings. The van der Waals surface area contributed by atoms with Crippen LogP contribution >= 0.6 is 11.6 Å². The summed E-state index contributed by atoms with van der Waals surface area (Å²) in [5.41, 5.74) is 1.38. The molecule has 0 unspecified atom stereocenters. The third kappa shape index (κ3) is 4.37. The normalized spacial score (nSPS) is 14.7. The van der Waals surface area contributed by atoms with Gasteiger partial charge in [-0.05, 0) is 42.2 Å². The molecule has 25 heavy (non-hydrogen) atoms. The number of hydrogen-bond acceptors (Lipinski definition) is 1. The van der Waals surface area contributed by atoms with Crippen LogP contribution in [0.25, 0.3) is 0 Å². The predicted octanol–water partition coefficient (Wildman–Crippen LogP) is 5.13. The predicted molar refractivity (Wildman–Crippen MR) is 94.3 cm³/mol. The van der Waals surface area contributed by atoms with Crippen molar-refractivity contribution in [2.75, 3.05) is 0 Å². The molecule has 5 heteroatoms. The van der Waals surface area contributed by atoms with Crippen molar-refractivity contribution in [3.63, 3.8) is 0 Å². The lowest BCUT2D eigenvalue weighted by molar-refractivity contribution is -0.133. The van der Waals surface area contributed by atoms with Crippen LogP contribution in [0.5, 0.6) is 0 Å². The summed E-state index contributed by atoms with van der Waals surface area (Å²) in [5.74, 6) is -1.92. The maximum absolute atomic E-state index is 13.4. The van der Waals surface area contributed by atoms with Crippen molar-refractivity contribution in [3.05, 3.63) is 70.2 Å². The van der Waals surface area contributed by atoms with Crippen LogP contribution in [0.1, 0.15) is 36.8 Å². The van der Waals surface area contributed by atoms with Gasteiger partial charge in [-0.15, -0.1) is 0 Å². The van der Waals surface area contributed by atoms with E-state index in [0.717, 1.165) is 43.4 Å². The zero-order valence-corrected chi connectivity index (χ0v) is 14.6. The molecule has 0 atom stereocenters. The fourth-order valence-corrected chi connectivity index (χ4v) is 3.57. The van der Waals surface area contributed by atoms with Crippen LogP contribution in [0.15, 0.2) is 42.5 Å². The lowest BCUT2D eigenvalue weighted by atomic mass is 10.1. The summed E-state index contributed by atoms with van der Waals surface area (Å²) < 4.78 is 26.5. The minimum atomic E-state index is -0.927. The molecule has 0 aliphatic heterocycles. The molecule has 0 heterocycles. The highest BCUT2D eigenvalue weighted by atomic mass is 35.5. The van der Waals surface area contributed by atoms with E-state index in [1.54, 1.807) is 0 Å². The minimum Gasteiger partial charge on any atom is -0.335 e. The summed E-state index contributed by atoms with van der Waals surface area (Å²) in [4.78, 5) is 14.7. The Kier molecular flexibility index (Phi) is 5.69. The number of halogens is 3. The number of nitrogens with zero attached hydrogens (tertiary/aromatic N) is 1. The molecule has 132 valence electrons. The molecule has 0 aromatic heterocycles. The summed E-state index contributed by atoms with van der Waals surface area (Å²) >= 11 is 6.25. The summed E-state index contributed by atoms with van der Waals surface area (Å²) in [6.07, 6.45) is 4.18. The van der Waals surface area contributed by atoms with E-state index >= 15 is 0 Å². The fourth-order valence-electron chi connectivity index (χ4n) is 3.37. The van der Waals surface area contributed by atoms with E-state index in [1.165, 1.54) is 6.07 Å². The van der Waals surface area contributed by atoms with E-state index < -0.39 is 11.6 Å². The van der Waals surface area contributed by atoms with Crippen molar-refractivity contribution in [1.82, 2.24) is 4.90 Å². The summed E-state index contributed by atoms with van der Waals surface area (Å²) in [6, 6.07) is 11.3. The first-order valence-electron chi connectivity index (χ1n) is 8.51. The van der Waals surface area contributed by atoms with Gasteiger partial charge < -0.3 is 4.90 Å². The summed E-state index contributed by atoms with van der Waals surface area (Å²) in [7, 11) is 0. The van der Waals surface area contributed by atoms with Crippen LogP contribution < -0.4 is 0 Å². The Bertz CT molecular complexity index is 759.